The van der Waals surface area contributed by atoms with Crippen LogP contribution in [0.15, 0.2) is 0 Å². The SMILES string of the molecule is CCOC(=O)C(C)(C)CCCSCCSCCCC(C)(C)C(=O)OCC. The number of carbonyl (C=O) groups excluding carboxylic acids is 2. The third-order valence-corrected chi connectivity index (χ3v) is 6.61. The van der Waals surface area contributed by atoms with Gasteiger partial charge in [-0.1, -0.05) is 0 Å². The van der Waals surface area contributed by atoms with Crippen LogP contribution in [0, 0.1) is 10.8 Å². The van der Waals surface area contributed by atoms with E-state index in [4.69, 9.17) is 9.47 Å². The Kier molecular flexibility index (Phi) is 13.6. The minimum Gasteiger partial charge on any atom is -0.466 e. The summed E-state index contributed by atoms with van der Waals surface area (Å²) in [6.45, 7) is 12.4. The van der Waals surface area contributed by atoms with Crippen LogP contribution in [0.4, 0.5) is 0 Å². The molecule has 0 atom stereocenters. The Labute approximate surface area is 168 Å². The second-order valence-corrected chi connectivity index (χ2v) is 10.1. The standard InChI is InChI=1S/C20H38O4S2/c1-7-23-17(21)19(3,4)11-9-13-25-15-16-26-14-10-12-20(5,6)18(22)24-8-2/h7-16H2,1-6H3. The zero-order chi connectivity index (χ0) is 20.1. The van der Waals surface area contributed by atoms with Gasteiger partial charge in [0.2, 0.25) is 0 Å². The van der Waals surface area contributed by atoms with Crippen LogP contribution in [0.2, 0.25) is 0 Å². The second kappa shape index (κ2) is 13.8. The van der Waals surface area contributed by atoms with Gasteiger partial charge in [0.25, 0.3) is 0 Å². The van der Waals surface area contributed by atoms with Gasteiger partial charge in [0.05, 0.1) is 24.0 Å². The van der Waals surface area contributed by atoms with Gasteiger partial charge in [-0.3, -0.25) is 9.59 Å². The van der Waals surface area contributed by atoms with Gasteiger partial charge in [0.15, 0.2) is 0 Å². The van der Waals surface area contributed by atoms with E-state index in [2.05, 4.69) is 0 Å². The summed E-state index contributed by atoms with van der Waals surface area (Å²) < 4.78 is 10.2. The molecular weight excluding hydrogens is 368 g/mol. The second-order valence-electron chi connectivity index (χ2n) is 7.64. The highest BCUT2D eigenvalue weighted by Gasteiger charge is 2.29. The zero-order valence-electron chi connectivity index (χ0n) is 17.5. The highest BCUT2D eigenvalue weighted by Crippen LogP contribution is 2.26. The first-order valence-electron chi connectivity index (χ1n) is 9.67. The highest BCUT2D eigenvalue weighted by molar-refractivity contribution is 8.02. The molecule has 0 aliphatic heterocycles. The van der Waals surface area contributed by atoms with E-state index in [1.165, 1.54) is 0 Å². The van der Waals surface area contributed by atoms with Gasteiger partial charge in [-0.2, -0.15) is 23.5 Å². The minimum absolute atomic E-state index is 0.0914. The fraction of sp³-hybridized carbons (Fsp3) is 0.900. The van der Waals surface area contributed by atoms with Gasteiger partial charge >= 0.3 is 11.9 Å². The molecule has 0 unspecified atom stereocenters. The van der Waals surface area contributed by atoms with Gasteiger partial charge in [-0.15, -0.1) is 0 Å². The first-order valence-corrected chi connectivity index (χ1v) is 12.0. The Morgan fingerprint density at radius 3 is 1.35 bits per heavy atom. The molecule has 6 heteroatoms. The fourth-order valence-corrected chi connectivity index (χ4v) is 4.46. The molecule has 0 saturated carbocycles. The van der Waals surface area contributed by atoms with Gasteiger partial charge in [0.1, 0.15) is 0 Å². The molecule has 0 fully saturated rings. The largest absolute Gasteiger partial charge is 0.466 e. The van der Waals surface area contributed by atoms with Crippen molar-refractivity contribution in [1.82, 2.24) is 0 Å². The average Bonchev–Trinajstić information content (AvgIpc) is 2.56. The molecule has 0 spiro atoms. The number of hydrogen-bond acceptors (Lipinski definition) is 6. The number of rotatable bonds is 15. The van der Waals surface area contributed by atoms with Crippen molar-refractivity contribution in [2.45, 2.75) is 67.2 Å². The van der Waals surface area contributed by atoms with Crippen molar-refractivity contribution in [3.63, 3.8) is 0 Å². The van der Waals surface area contributed by atoms with Crippen molar-refractivity contribution in [2.75, 3.05) is 36.2 Å². The smallest absolute Gasteiger partial charge is 0.311 e. The van der Waals surface area contributed by atoms with Crippen LogP contribution < -0.4 is 0 Å². The molecule has 0 saturated heterocycles. The van der Waals surface area contributed by atoms with Gasteiger partial charge < -0.3 is 9.47 Å². The Morgan fingerprint density at radius 1 is 0.692 bits per heavy atom. The summed E-state index contributed by atoms with van der Waals surface area (Å²) in [4.78, 5) is 23.6. The molecule has 0 N–H and O–H groups in total. The number of carbonyl (C=O) groups is 2. The molecule has 0 aromatic carbocycles. The van der Waals surface area contributed by atoms with E-state index in [0.717, 1.165) is 48.7 Å². The first kappa shape index (κ1) is 25.6. The van der Waals surface area contributed by atoms with Crippen molar-refractivity contribution < 1.29 is 19.1 Å². The monoisotopic (exact) mass is 406 g/mol. The molecule has 26 heavy (non-hydrogen) atoms. The molecule has 0 aromatic heterocycles. The first-order chi connectivity index (χ1) is 12.2. The summed E-state index contributed by atoms with van der Waals surface area (Å²) in [5.74, 6) is 4.24. The minimum atomic E-state index is -0.378. The van der Waals surface area contributed by atoms with Crippen LogP contribution in [0.1, 0.15) is 67.2 Å². The van der Waals surface area contributed by atoms with Crippen molar-refractivity contribution >= 4 is 35.5 Å². The lowest BCUT2D eigenvalue weighted by atomic mass is 9.88. The number of hydrogen-bond donors (Lipinski definition) is 0. The third-order valence-electron chi connectivity index (χ3n) is 4.21. The van der Waals surface area contributed by atoms with Crippen LogP contribution in [0.5, 0.6) is 0 Å². The summed E-state index contributed by atoms with van der Waals surface area (Å²) >= 11 is 3.89. The van der Waals surface area contributed by atoms with E-state index in [1.54, 1.807) is 0 Å². The molecule has 0 amide bonds. The van der Waals surface area contributed by atoms with Crippen LogP contribution in [-0.4, -0.2) is 48.2 Å². The Balaban J connectivity index is 3.63. The normalized spacial score (nSPS) is 12.1. The lowest BCUT2D eigenvalue weighted by Crippen LogP contribution is -2.26. The topological polar surface area (TPSA) is 52.6 Å². The predicted molar refractivity (Wildman–Crippen MR) is 114 cm³/mol. The number of thioether (sulfide) groups is 2. The van der Waals surface area contributed by atoms with E-state index in [-0.39, 0.29) is 22.8 Å². The maximum absolute atomic E-state index is 11.8. The quantitative estimate of drug-likeness (QED) is 0.275. The summed E-state index contributed by atoms with van der Waals surface area (Å²) in [5.41, 5.74) is -0.756. The summed E-state index contributed by atoms with van der Waals surface area (Å²) in [7, 11) is 0. The Bertz CT molecular complexity index is 371. The summed E-state index contributed by atoms with van der Waals surface area (Å²) in [6.07, 6.45) is 3.81. The Hall–Kier alpha value is -0.360. The number of ether oxygens (including phenoxy) is 2. The molecule has 0 bridgehead atoms. The molecule has 0 aliphatic carbocycles. The average molecular weight is 407 g/mol. The number of esters is 2. The maximum Gasteiger partial charge on any atom is 0.311 e. The van der Waals surface area contributed by atoms with Gasteiger partial charge in [-0.25, -0.2) is 0 Å². The third kappa shape index (κ3) is 11.4. The van der Waals surface area contributed by atoms with Crippen molar-refractivity contribution in [1.29, 1.82) is 0 Å². The molecule has 0 aromatic rings. The molecule has 0 rings (SSSR count). The van der Waals surface area contributed by atoms with Crippen molar-refractivity contribution in [3.8, 4) is 0 Å². The molecule has 154 valence electrons. The van der Waals surface area contributed by atoms with E-state index < -0.39 is 0 Å². The van der Waals surface area contributed by atoms with Crippen LogP contribution in [0.3, 0.4) is 0 Å². The zero-order valence-corrected chi connectivity index (χ0v) is 19.2. The summed E-state index contributed by atoms with van der Waals surface area (Å²) in [6, 6.07) is 0. The van der Waals surface area contributed by atoms with E-state index in [0.29, 0.717) is 13.2 Å². The highest BCUT2D eigenvalue weighted by atomic mass is 32.2. The maximum atomic E-state index is 11.8. The van der Waals surface area contributed by atoms with Gasteiger partial charge in [-0.05, 0) is 78.7 Å². The molecule has 0 aliphatic rings. The van der Waals surface area contributed by atoms with Crippen LogP contribution >= 0.6 is 23.5 Å². The van der Waals surface area contributed by atoms with Gasteiger partial charge in [0, 0.05) is 11.5 Å². The van der Waals surface area contributed by atoms with Crippen molar-refractivity contribution in [2.24, 2.45) is 10.8 Å². The van der Waals surface area contributed by atoms with Crippen LogP contribution in [0.25, 0.3) is 0 Å². The predicted octanol–water partition coefficient (Wildman–Crippen LogP) is 5.19. The molecular formula is C20H38O4S2. The lowest BCUT2D eigenvalue weighted by molar-refractivity contribution is -0.154. The van der Waals surface area contributed by atoms with Crippen molar-refractivity contribution in [3.05, 3.63) is 0 Å². The van der Waals surface area contributed by atoms with E-state index in [1.807, 2.05) is 65.1 Å². The molecule has 0 radical (unpaired) electrons. The van der Waals surface area contributed by atoms with E-state index in [9.17, 15) is 9.59 Å². The summed E-state index contributed by atoms with van der Waals surface area (Å²) in [5, 5.41) is 0. The van der Waals surface area contributed by atoms with Crippen LogP contribution in [-0.2, 0) is 19.1 Å². The molecule has 4 nitrogen and oxygen atoms in total. The molecule has 0 heterocycles. The fourth-order valence-electron chi connectivity index (χ4n) is 2.41. The lowest BCUT2D eigenvalue weighted by Gasteiger charge is -2.22. The Morgan fingerprint density at radius 2 is 1.04 bits per heavy atom. The van der Waals surface area contributed by atoms with E-state index >= 15 is 0 Å².